The van der Waals surface area contributed by atoms with Crippen LogP contribution in [0.5, 0.6) is 0 Å². The molecule has 1 rings (SSSR count). The molecular weight excluding hydrogens is 268 g/mol. The Morgan fingerprint density at radius 2 is 2.05 bits per heavy atom. The van der Waals surface area contributed by atoms with Crippen LogP contribution in [0.2, 0.25) is 0 Å². The highest BCUT2D eigenvalue weighted by Crippen LogP contribution is 2.18. The third-order valence-corrected chi connectivity index (χ3v) is 2.79. The van der Waals surface area contributed by atoms with Gasteiger partial charge in [0.05, 0.1) is 19.1 Å². The number of nitrogens with one attached hydrogen (secondary N) is 2. The zero-order chi connectivity index (χ0) is 15.0. The van der Waals surface area contributed by atoms with Crippen molar-refractivity contribution in [2.45, 2.75) is 38.4 Å². The topological polar surface area (TPSA) is 114 Å². The van der Waals surface area contributed by atoms with Gasteiger partial charge >= 0.3 is 18.0 Å². The molecule has 8 nitrogen and oxygen atoms in total. The Morgan fingerprint density at radius 3 is 2.65 bits per heavy atom. The summed E-state index contributed by atoms with van der Waals surface area (Å²) >= 11 is 0. The normalized spacial score (nSPS) is 21.2. The van der Waals surface area contributed by atoms with Crippen molar-refractivity contribution in [3.05, 3.63) is 0 Å². The minimum Gasteiger partial charge on any atom is -0.479 e. The third kappa shape index (κ3) is 5.87. The number of hydrogen-bond acceptors (Lipinski definition) is 5. The van der Waals surface area contributed by atoms with E-state index >= 15 is 0 Å². The Kier molecular flexibility index (Phi) is 6.78. The second-order valence-electron chi connectivity index (χ2n) is 4.35. The third-order valence-electron chi connectivity index (χ3n) is 2.79. The lowest BCUT2D eigenvalue weighted by Gasteiger charge is -2.12. The number of carboxylic acids is 1. The van der Waals surface area contributed by atoms with Crippen molar-refractivity contribution in [2.24, 2.45) is 0 Å². The number of ether oxygens (including phenoxy) is 2. The second-order valence-corrected chi connectivity index (χ2v) is 4.35. The summed E-state index contributed by atoms with van der Waals surface area (Å²) in [5.41, 5.74) is 0. The Balaban J connectivity index is 2.09. The number of hydrogen-bond donors (Lipinski definition) is 3. The first-order valence-corrected chi connectivity index (χ1v) is 6.58. The van der Waals surface area contributed by atoms with E-state index < -0.39 is 18.1 Å². The molecule has 8 heteroatoms. The van der Waals surface area contributed by atoms with E-state index in [1.54, 1.807) is 6.92 Å². The van der Waals surface area contributed by atoms with Crippen LogP contribution >= 0.6 is 0 Å². The molecule has 20 heavy (non-hydrogen) atoms. The predicted octanol–water partition coefficient (Wildman–Crippen LogP) is -0.129. The SMILES string of the molecule is CCOC(=O)CCNC(=O)NCC1CCC(C(=O)O)O1. The predicted molar refractivity (Wildman–Crippen MR) is 68.2 cm³/mol. The van der Waals surface area contributed by atoms with Crippen LogP contribution in [0.25, 0.3) is 0 Å². The molecule has 1 aliphatic heterocycles. The van der Waals surface area contributed by atoms with Crippen LogP contribution in [0.15, 0.2) is 0 Å². The van der Waals surface area contributed by atoms with Gasteiger partial charge in [-0.15, -0.1) is 0 Å². The molecule has 114 valence electrons. The molecule has 0 aliphatic carbocycles. The molecule has 2 atom stereocenters. The van der Waals surface area contributed by atoms with E-state index in [9.17, 15) is 14.4 Å². The molecule has 0 aromatic carbocycles. The minimum absolute atomic E-state index is 0.113. The van der Waals surface area contributed by atoms with Crippen molar-refractivity contribution in [3.63, 3.8) is 0 Å². The van der Waals surface area contributed by atoms with Crippen LogP contribution in [0.4, 0.5) is 4.79 Å². The number of amides is 2. The maximum Gasteiger partial charge on any atom is 0.332 e. The van der Waals surface area contributed by atoms with Crippen molar-refractivity contribution in [1.82, 2.24) is 10.6 Å². The zero-order valence-electron chi connectivity index (χ0n) is 11.4. The molecule has 0 saturated carbocycles. The highest BCUT2D eigenvalue weighted by molar-refractivity contribution is 5.75. The fourth-order valence-corrected chi connectivity index (χ4v) is 1.82. The lowest BCUT2D eigenvalue weighted by atomic mass is 10.2. The Morgan fingerprint density at radius 1 is 1.30 bits per heavy atom. The Labute approximate surface area is 116 Å². The monoisotopic (exact) mass is 288 g/mol. The van der Waals surface area contributed by atoms with E-state index in [4.69, 9.17) is 14.6 Å². The van der Waals surface area contributed by atoms with E-state index in [-0.39, 0.29) is 31.6 Å². The summed E-state index contributed by atoms with van der Waals surface area (Å²) in [6, 6.07) is -0.420. The molecule has 2 amide bonds. The van der Waals surface area contributed by atoms with Gasteiger partial charge in [-0.05, 0) is 19.8 Å². The number of esters is 1. The molecule has 1 heterocycles. The highest BCUT2D eigenvalue weighted by atomic mass is 16.5. The van der Waals surface area contributed by atoms with Gasteiger partial charge in [0.15, 0.2) is 6.10 Å². The summed E-state index contributed by atoms with van der Waals surface area (Å²) in [6.45, 7) is 2.46. The number of urea groups is 1. The van der Waals surface area contributed by atoms with E-state index in [2.05, 4.69) is 10.6 Å². The molecule has 0 aromatic rings. The summed E-state index contributed by atoms with van der Waals surface area (Å²) in [4.78, 5) is 33.1. The highest BCUT2D eigenvalue weighted by Gasteiger charge is 2.30. The minimum atomic E-state index is -0.980. The number of carboxylic acid groups (broad SMARTS) is 1. The molecule has 1 saturated heterocycles. The fraction of sp³-hybridized carbons (Fsp3) is 0.750. The van der Waals surface area contributed by atoms with Gasteiger partial charge in [-0.3, -0.25) is 4.79 Å². The average Bonchev–Trinajstić information content (AvgIpc) is 2.85. The average molecular weight is 288 g/mol. The molecule has 2 unspecified atom stereocenters. The molecule has 0 bridgehead atoms. The summed E-state index contributed by atoms with van der Waals surface area (Å²) in [6.07, 6.45) is 0.0923. The van der Waals surface area contributed by atoms with Gasteiger partial charge < -0.3 is 25.2 Å². The number of carbonyl (C=O) groups excluding carboxylic acids is 2. The fourth-order valence-electron chi connectivity index (χ4n) is 1.82. The standard InChI is InChI=1S/C12H20N2O6/c1-2-19-10(15)5-6-13-12(18)14-7-8-3-4-9(20-8)11(16)17/h8-9H,2-7H2,1H3,(H,16,17)(H2,13,14,18). The van der Waals surface area contributed by atoms with Gasteiger partial charge in [0.2, 0.25) is 0 Å². The molecule has 3 N–H and O–H groups in total. The first-order valence-electron chi connectivity index (χ1n) is 6.58. The van der Waals surface area contributed by atoms with Crippen LogP contribution in [-0.4, -0.2) is 55.0 Å². The molecule has 1 aliphatic rings. The van der Waals surface area contributed by atoms with Crippen molar-refractivity contribution in [2.75, 3.05) is 19.7 Å². The van der Waals surface area contributed by atoms with Gasteiger partial charge in [-0.2, -0.15) is 0 Å². The second kappa shape index (κ2) is 8.36. The number of aliphatic carboxylic acids is 1. The van der Waals surface area contributed by atoms with Crippen molar-refractivity contribution >= 4 is 18.0 Å². The van der Waals surface area contributed by atoms with Crippen molar-refractivity contribution in [1.29, 1.82) is 0 Å². The Hall–Kier alpha value is -1.83. The van der Waals surface area contributed by atoms with Crippen LogP contribution in [0.3, 0.4) is 0 Å². The van der Waals surface area contributed by atoms with Gasteiger partial charge in [0.1, 0.15) is 0 Å². The summed E-state index contributed by atoms with van der Waals surface area (Å²) in [5.74, 6) is -1.34. The van der Waals surface area contributed by atoms with E-state index in [0.29, 0.717) is 19.4 Å². The molecular formula is C12H20N2O6. The van der Waals surface area contributed by atoms with Gasteiger partial charge in [0, 0.05) is 13.1 Å². The summed E-state index contributed by atoms with van der Waals surface area (Å²) in [7, 11) is 0. The number of rotatable bonds is 7. The molecule has 1 fully saturated rings. The first-order chi connectivity index (χ1) is 9.52. The van der Waals surface area contributed by atoms with E-state index in [0.717, 1.165) is 0 Å². The summed E-state index contributed by atoms with van der Waals surface area (Å²) in [5, 5.41) is 13.8. The molecule has 0 radical (unpaired) electrons. The smallest absolute Gasteiger partial charge is 0.332 e. The largest absolute Gasteiger partial charge is 0.479 e. The molecule has 0 spiro atoms. The van der Waals surface area contributed by atoms with Gasteiger partial charge in [-0.1, -0.05) is 0 Å². The van der Waals surface area contributed by atoms with E-state index in [1.807, 2.05) is 0 Å². The summed E-state index contributed by atoms with van der Waals surface area (Å²) < 4.78 is 9.94. The van der Waals surface area contributed by atoms with Gasteiger partial charge in [-0.25, -0.2) is 9.59 Å². The number of carbonyl (C=O) groups is 3. The lowest BCUT2D eigenvalue weighted by Crippen LogP contribution is -2.40. The maximum absolute atomic E-state index is 11.4. The van der Waals surface area contributed by atoms with Crippen molar-refractivity contribution < 1.29 is 29.0 Å². The quantitative estimate of drug-likeness (QED) is 0.562. The lowest BCUT2D eigenvalue weighted by molar-refractivity contribution is -0.149. The molecule has 0 aromatic heterocycles. The first kappa shape index (κ1) is 16.2. The maximum atomic E-state index is 11.4. The van der Waals surface area contributed by atoms with Crippen LogP contribution in [0, 0.1) is 0 Å². The van der Waals surface area contributed by atoms with Gasteiger partial charge in [0.25, 0.3) is 0 Å². The van der Waals surface area contributed by atoms with Crippen LogP contribution < -0.4 is 10.6 Å². The van der Waals surface area contributed by atoms with Crippen LogP contribution in [0.1, 0.15) is 26.2 Å². The van der Waals surface area contributed by atoms with E-state index in [1.165, 1.54) is 0 Å². The van der Waals surface area contributed by atoms with Crippen LogP contribution in [-0.2, 0) is 19.1 Å². The van der Waals surface area contributed by atoms with Crippen molar-refractivity contribution in [3.8, 4) is 0 Å². The zero-order valence-corrected chi connectivity index (χ0v) is 11.4. The Bertz CT molecular complexity index is 360.